The number of fused-ring (bicyclic) bond motifs is 2. The second-order valence-corrected chi connectivity index (χ2v) is 11.9. The molecule has 1 aliphatic rings. The molecule has 0 saturated heterocycles. The SMILES string of the molecule is Cc1cccc(C)c1-n1nc(-c2cccc(Oc3ccc4c(c3)N(c3cc(CC(C)C)ccn3)c3ccccc3O4)c2)nc1C. The average Bonchev–Trinajstić information content (AvgIpc) is 3.40. The van der Waals surface area contributed by atoms with Crippen LogP contribution in [-0.2, 0) is 6.42 Å². The van der Waals surface area contributed by atoms with Crippen LogP contribution in [-0.4, -0.2) is 19.7 Å². The van der Waals surface area contributed by atoms with Crippen LogP contribution < -0.4 is 14.4 Å². The van der Waals surface area contributed by atoms with Crippen molar-refractivity contribution < 1.29 is 9.47 Å². The smallest absolute Gasteiger partial charge is 0.181 e. The van der Waals surface area contributed by atoms with Crippen molar-refractivity contribution in [2.75, 3.05) is 4.90 Å². The van der Waals surface area contributed by atoms with Crippen molar-refractivity contribution in [2.45, 2.75) is 41.0 Å². The maximum Gasteiger partial charge on any atom is 0.181 e. The minimum Gasteiger partial charge on any atom is -0.457 e. The highest BCUT2D eigenvalue weighted by Crippen LogP contribution is 2.51. The normalized spacial score (nSPS) is 12.1. The Morgan fingerprint density at radius 2 is 1.51 bits per heavy atom. The lowest BCUT2D eigenvalue weighted by molar-refractivity contribution is 0.465. The van der Waals surface area contributed by atoms with Crippen molar-refractivity contribution in [3.05, 3.63) is 126 Å². The van der Waals surface area contributed by atoms with E-state index in [2.05, 4.69) is 69.0 Å². The number of para-hydroxylation sites is 3. The van der Waals surface area contributed by atoms with Crippen molar-refractivity contribution >= 4 is 17.2 Å². The number of hydrogen-bond donors (Lipinski definition) is 0. The molecule has 4 aromatic carbocycles. The Morgan fingerprint density at radius 1 is 0.756 bits per heavy atom. The molecule has 0 radical (unpaired) electrons. The van der Waals surface area contributed by atoms with Gasteiger partial charge in [0.05, 0.1) is 17.1 Å². The van der Waals surface area contributed by atoms with Gasteiger partial charge in [-0.25, -0.2) is 14.6 Å². The third-order valence-electron chi connectivity index (χ3n) is 7.93. The highest BCUT2D eigenvalue weighted by molar-refractivity contribution is 5.85. The number of benzene rings is 4. The molecule has 45 heavy (non-hydrogen) atoms. The number of pyridine rings is 1. The first kappa shape index (κ1) is 28.3. The Labute approximate surface area is 263 Å². The van der Waals surface area contributed by atoms with Gasteiger partial charge in [-0.15, -0.1) is 5.10 Å². The number of ether oxygens (including phenoxy) is 2. The van der Waals surface area contributed by atoms with E-state index in [1.54, 1.807) is 0 Å². The third kappa shape index (κ3) is 5.53. The van der Waals surface area contributed by atoms with Gasteiger partial charge in [0.1, 0.15) is 23.1 Å². The standard InChI is InChI=1S/C38H35N5O2/c1-24(2)20-28-18-19-39-36(21-28)42-32-14-6-7-15-34(32)45-35-17-16-31(23-33(35)42)44-30-13-9-12-29(22-30)38-40-27(5)43(41-38)37-25(3)10-8-11-26(37)4/h6-19,21-24H,20H2,1-5H3. The predicted octanol–water partition coefficient (Wildman–Crippen LogP) is 9.82. The summed E-state index contributed by atoms with van der Waals surface area (Å²) in [5.74, 6) is 5.75. The molecular weight excluding hydrogens is 558 g/mol. The summed E-state index contributed by atoms with van der Waals surface area (Å²) >= 11 is 0. The summed E-state index contributed by atoms with van der Waals surface area (Å²) in [7, 11) is 0. The molecule has 0 bridgehead atoms. The Bertz CT molecular complexity index is 2010. The maximum atomic E-state index is 6.45. The second kappa shape index (κ2) is 11.6. The van der Waals surface area contributed by atoms with Gasteiger partial charge in [-0.1, -0.05) is 56.3 Å². The topological polar surface area (TPSA) is 65.3 Å². The number of aromatic nitrogens is 4. The van der Waals surface area contributed by atoms with Crippen LogP contribution in [0.4, 0.5) is 17.2 Å². The molecule has 0 N–H and O–H groups in total. The molecule has 0 spiro atoms. The monoisotopic (exact) mass is 593 g/mol. The lowest BCUT2D eigenvalue weighted by Gasteiger charge is -2.32. The zero-order valence-corrected chi connectivity index (χ0v) is 26.2. The van der Waals surface area contributed by atoms with Crippen LogP contribution in [0.1, 0.15) is 36.4 Å². The van der Waals surface area contributed by atoms with Gasteiger partial charge in [0.25, 0.3) is 0 Å². The fourth-order valence-electron chi connectivity index (χ4n) is 5.92. The molecule has 0 saturated carbocycles. The van der Waals surface area contributed by atoms with E-state index in [0.29, 0.717) is 23.2 Å². The first-order valence-electron chi connectivity index (χ1n) is 15.3. The Balaban J connectivity index is 1.22. The van der Waals surface area contributed by atoms with Crippen molar-refractivity contribution in [1.82, 2.24) is 19.7 Å². The molecule has 3 heterocycles. The van der Waals surface area contributed by atoms with Gasteiger partial charge in [0, 0.05) is 17.8 Å². The predicted molar refractivity (Wildman–Crippen MR) is 179 cm³/mol. The molecule has 2 aromatic heterocycles. The summed E-state index contributed by atoms with van der Waals surface area (Å²) in [5, 5.41) is 4.89. The van der Waals surface area contributed by atoms with Gasteiger partial charge in [-0.05, 0) is 98.3 Å². The lowest BCUT2D eigenvalue weighted by Crippen LogP contribution is -2.17. The molecule has 0 fully saturated rings. The summed E-state index contributed by atoms with van der Waals surface area (Å²) < 4.78 is 14.7. The minimum atomic E-state index is 0.541. The van der Waals surface area contributed by atoms with Gasteiger partial charge in [-0.2, -0.15) is 0 Å². The number of anilines is 3. The molecule has 0 atom stereocenters. The van der Waals surface area contributed by atoms with E-state index in [9.17, 15) is 0 Å². The van der Waals surface area contributed by atoms with Crippen molar-refractivity contribution in [1.29, 1.82) is 0 Å². The summed E-state index contributed by atoms with van der Waals surface area (Å²) in [6.45, 7) is 10.6. The van der Waals surface area contributed by atoms with Crippen molar-refractivity contribution in [3.63, 3.8) is 0 Å². The van der Waals surface area contributed by atoms with Gasteiger partial charge < -0.3 is 9.47 Å². The molecule has 7 rings (SSSR count). The molecule has 0 unspecified atom stereocenters. The lowest BCUT2D eigenvalue weighted by atomic mass is 10.0. The second-order valence-electron chi connectivity index (χ2n) is 11.9. The van der Waals surface area contributed by atoms with E-state index in [4.69, 9.17) is 24.5 Å². The van der Waals surface area contributed by atoms with E-state index in [1.165, 1.54) is 5.56 Å². The van der Waals surface area contributed by atoms with Gasteiger partial charge >= 0.3 is 0 Å². The van der Waals surface area contributed by atoms with Crippen molar-refractivity contribution in [2.24, 2.45) is 5.92 Å². The van der Waals surface area contributed by atoms with Crippen LogP contribution in [0.15, 0.2) is 103 Å². The van der Waals surface area contributed by atoms with Gasteiger partial charge in [-0.3, -0.25) is 4.90 Å². The van der Waals surface area contributed by atoms with Crippen LogP contribution in [0.2, 0.25) is 0 Å². The van der Waals surface area contributed by atoms with Gasteiger partial charge in [0.15, 0.2) is 17.3 Å². The molecule has 7 heteroatoms. The van der Waals surface area contributed by atoms with Crippen LogP contribution in [0.3, 0.4) is 0 Å². The van der Waals surface area contributed by atoms with Crippen LogP contribution in [0.25, 0.3) is 17.1 Å². The first-order chi connectivity index (χ1) is 21.8. The highest BCUT2D eigenvalue weighted by Gasteiger charge is 2.27. The molecular formula is C38H35N5O2. The Kier molecular flexibility index (Phi) is 7.29. The number of rotatable bonds is 7. The van der Waals surface area contributed by atoms with E-state index in [1.807, 2.05) is 78.5 Å². The van der Waals surface area contributed by atoms with Crippen LogP contribution >= 0.6 is 0 Å². The Morgan fingerprint density at radius 3 is 2.33 bits per heavy atom. The number of hydrogen-bond acceptors (Lipinski definition) is 6. The highest BCUT2D eigenvalue weighted by atomic mass is 16.5. The van der Waals surface area contributed by atoms with Crippen molar-refractivity contribution in [3.8, 4) is 40.1 Å². The molecule has 224 valence electrons. The zero-order valence-electron chi connectivity index (χ0n) is 26.2. The summed E-state index contributed by atoms with van der Waals surface area (Å²) in [4.78, 5) is 11.7. The summed E-state index contributed by atoms with van der Waals surface area (Å²) in [6, 6.07) is 32.3. The van der Waals surface area contributed by atoms with Gasteiger partial charge in [0.2, 0.25) is 0 Å². The van der Waals surface area contributed by atoms with E-state index in [-0.39, 0.29) is 0 Å². The fourth-order valence-corrected chi connectivity index (χ4v) is 5.92. The van der Waals surface area contributed by atoms with Crippen LogP contribution in [0.5, 0.6) is 23.0 Å². The minimum absolute atomic E-state index is 0.541. The van der Waals surface area contributed by atoms with E-state index >= 15 is 0 Å². The van der Waals surface area contributed by atoms with Crippen LogP contribution in [0, 0.1) is 26.7 Å². The zero-order chi connectivity index (χ0) is 31.1. The first-order valence-corrected chi connectivity index (χ1v) is 15.3. The molecule has 0 aliphatic carbocycles. The largest absolute Gasteiger partial charge is 0.457 e. The number of nitrogens with zero attached hydrogens (tertiary/aromatic N) is 5. The maximum absolute atomic E-state index is 6.45. The fraction of sp³-hybridized carbons (Fsp3) is 0.184. The van der Waals surface area contributed by atoms with E-state index in [0.717, 1.165) is 63.3 Å². The molecule has 7 nitrogen and oxygen atoms in total. The molecule has 6 aromatic rings. The summed E-state index contributed by atoms with van der Waals surface area (Å²) in [5.41, 5.74) is 7.29. The quantitative estimate of drug-likeness (QED) is 0.183. The summed E-state index contributed by atoms with van der Waals surface area (Å²) in [6.07, 6.45) is 2.86. The van der Waals surface area contributed by atoms with E-state index < -0.39 is 0 Å². The molecule has 0 amide bonds. The molecule has 1 aliphatic heterocycles. The Hall–Kier alpha value is -5.43. The third-order valence-corrected chi connectivity index (χ3v) is 7.93. The average molecular weight is 594 g/mol. The number of aryl methyl sites for hydroxylation is 3.